The van der Waals surface area contributed by atoms with Crippen LogP contribution in [0.15, 0.2) is 0 Å². The van der Waals surface area contributed by atoms with Crippen LogP contribution in [0.3, 0.4) is 0 Å². The zero-order valence-electron chi connectivity index (χ0n) is 7.87. The summed E-state index contributed by atoms with van der Waals surface area (Å²) < 4.78 is 4.59. The fraction of sp³-hybridized carbons (Fsp3) is 0.875. The average molecular weight is 191 g/mol. The van der Waals surface area contributed by atoms with Gasteiger partial charge in [0, 0.05) is 17.5 Å². The quantitative estimate of drug-likeness (QED) is 0.655. The van der Waals surface area contributed by atoms with Crippen molar-refractivity contribution < 1.29 is 9.53 Å². The molecule has 0 radical (unpaired) electrons. The van der Waals surface area contributed by atoms with Gasteiger partial charge in [-0.15, -0.1) is 0 Å². The van der Waals surface area contributed by atoms with E-state index in [0.29, 0.717) is 0 Å². The third kappa shape index (κ3) is 5.43. The van der Waals surface area contributed by atoms with Crippen LogP contribution >= 0.6 is 11.8 Å². The Morgan fingerprint density at radius 2 is 2.08 bits per heavy atom. The molecule has 2 unspecified atom stereocenters. The third-order valence-corrected chi connectivity index (χ3v) is 2.85. The van der Waals surface area contributed by atoms with Gasteiger partial charge in [0.15, 0.2) is 0 Å². The molecule has 0 aromatic rings. The summed E-state index contributed by atoms with van der Waals surface area (Å²) in [5.74, 6) is 1.50. The van der Waals surface area contributed by atoms with Crippen molar-refractivity contribution in [3.8, 4) is 0 Å². The largest absolute Gasteiger partial charge is 0.469 e. The van der Waals surface area contributed by atoms with Gasteiger partial charge in [-0.3, -0.25) is 4.79 Å². The molecule has 3 nitrogen and oxygen atoms in total. The van der Waals surface area contributed by atoms with E-state index in [1.165, 1.54) is 7.11 Å². The Morgan fingerprint density at radius 1 is 1.50 bits per heavy atom. The third-order valence-electron chi connectivity index (χ3n) is 1.35. The van der Waals surface area contributed by atoms with E-state index in [9.17, 15) is 4.79 Å². The van der Waals surface area contributed by atoms with E-state index in [1.54, 1.807) is 11.8 Å². The predicted octanol–water partition coefficient (Wildman–Crippen LogP) is 0.876. The highest BCUT2D eigenvalue weighted by Crippen LogP contribution is 2.09. The minimum atomic E-state index is -0.146. The maximum Gasteiger partial charge on any atom is 0.309 e. The lowest BCUT2D eigenvalue weighted by Gasteiger charge is -2.09. The van der Waals surface area contributed by atoms with Crippen LogP contribution in [0, 0.1) is 5.92 Å². The minimum Gasteiger partial charge on any atom is -0.469 e. The molecule has 0 saturated heterocycles. The first-order chi connectivity index (χ1) is 5.57. The van der Waals surface area contributed by atoms with Crippen molar-refractivity contribution in [2.24, 2.45) is 11.7 Å². The molecule has 2 atom stereocenters. The van der Waals surface area contributed by atoms with Crippen LogP contribution in [0.4, 0.5) is 0 Å². The van der Waals surface area contributed by atoms with E-state index in [0.717, 1.165) is 11.5 Å². The number of methoxy groups -OCH3 is 1. The highest BCUT2D eigenvalue weighted by molar-refractivity contribution is 7.99. The van der Waals surface area contributed by atoms with E-state index >= 15 is 0 Å². The molecule has 0 saturated carbocycles. The van der Waals surface area contributed by atoms with E-state index in [1.807, 2.05) is 13.8 Å². The van der Waals surface area contributed by atoms with Crippen molar-refractivity contribution in [1.29, 1.82) is 0 Å². The minimum absolute atomic E-state index is 0.0289. The first-order valence-corrected chi connectivity index (χ1v) is 5.14. The van der Waals surface area contributed by atoms with E-state index in [-0.39, 0.29) is 17.9 Å². The molecule has 0 amide bonds. The van der Waals surface area contributed by atoms with E-state index < -0.39 is 0 Å². The van der Waals surface area contributed by atoms with Crippen LogP contribution in [0.2, 0.25) is 0 Å². The lowest BCUT2D eigenvalue weighted by Crippen LogP contribution is -2.20. The fourth-order valence-electron chi connectivity index (χ4n) is 0.700. The molecule has 0 spiro atoms. The average Bonchev–Trinajstić information content (AvgIpc) is 2.02. The summed E-state index contributed by atoms with van der Waals surface area (Å²) in [6.07, 6.45) is 0. The maximum atomic E-state index is 10.9. The lowest BCUT2D eigenvalue weighted by atomic mass is 10.2. The number of rotatable bonds is 5. The Kier molecular flexibility index (Phi) is 6.20. The van der Waals surface area contributed by atoms with Crippen LogP contribution in [0.25, 0.3) is 0 Å². The van der Waals surface area contributed by atoms with Gasteiger partial charge in [-0.2, -0.15) is 11.8 Å². The van der Waals surface area contributed by atoms with Gasteiger partial charge in [0.1, 0.15) is 0 Å². The summed E-state index contributed by atoms with van der Waals surface area (Å²) >= 11 is 1.69. The molecule has 4 heteroatoms. The highest BCUT2D eigenvalue weighted by Gasteiger charge is 2.12. The highest BCUT2D eigenvalue weighted by atomic mass is 32.2. The molecule has 12 heavy (non-hydrogen) atoms. The van der Waals surface area contributed by atoms with Crippen LogP contribution in [0.1, 0.15) is 13.8 Å². The molecule has 0 fully saturated rings. The summed E-state index contributed by atoms with van der Waals surface area (Å²) in [5, 5.41) is 0. The summed E-state index contributed by atoms with van der Waals surface area (Å²) in [7, 11) is 1.41. The Balaban J connectivity index is 3.43. The first-order valence-electron chi connectivity index (χ1n) is 3.99. The number of carbonyl (C=O) groups is 1. The topological polar surface area (TPSA) is 52.3 Å². The molecular formula is C8H17NO2S. The second-order valence-electron chi connectivity index (χ2n) is 2.94. The lowest BCUT2D eigenvalue weighted by molar-refractivity contribution is -0.143. The monoisotopic (exact) mass is 191 g/mol. The number of esters is 1. The molecule has 2 N–H and O–H groups in total. The summed E-state index contributed by atoms with van der Waals surface area (Å²) in [5.41, 5.74) is 5.55. The Morgan fingerprint density at radius 3 is 2.50 bits per heavy atom. The van der Waals surface area contributed by atoms with Gasteiger partial charge >= 0.3 is 5.97 Å². The Bertz CT molecular complexity index is 139. The standard InChI is InChI=1S/C8H17NO2S/c1-6(8(10)11-3)4-12-5-7(2)9/h6-7H,4-5,9H2,1-3H3. The van der Waals surface area contributed by atoms with Crippen molar-refractivity contribution in [3.63, 3.8) is 0 Å². The van der Waals surface area contributed by atoms with Crippen LogP contribution in [0.5, 0.6) is 0 Å². The molecule has 0 aliphatic heterocycles. The number of hydrogen-bond donors (Lipinski definition) is 1. The van der Waals surface area contributed by atoms with Crippen molar-refractivity contribution in [2.75, 3.05) is 18.6 Å². The number of hydrogen-bond acceptors (Lipinski definition) is 4. The SMILES string of the molecule is COC(=O)C(C)CSCC(C)N. The van der Waals surface area contributed by atoms with Gasteiger partial charge in [0.25, 0.3) is 0 Å². The maximum absolute atomic E-state index is 10.9. The number of ether oxygens (including phenoxy) is 1. The van der Waals surface area contributed by atoms with Crippen molar-refractivity contribution in [3.05, 3.63) is 0 Å². The summed E-state index contributed by atoms with van der Waals surface area (Å²) in [6, 6.07) is 0.194. The molecule has 0 rings (SSSR count). The summed E-state index contributed by atoms with van der Waals surface area (Å²) in [6.45, 7) is 3.82. The summed E-state index contributed by atoms with van der Waals surface area (Å²) in [4.78, 5) is 10.9. The van der Waals surface area contributed by atoms with Crippen LogP contribution < -0.4 is 5.73 Å². The number of nitrogens with two attached hydrogens (primary N) is 1. The zero-order chi connectivity index (χ0) is 9.56. The van der Waals surface area contributed by atoms with Gasteiger partial charge in [-0.1, -0.05) is 6.92 Å². The Labute approximate surface area is 78.0 Å². The molecule has 0 aliphatic carbocycles. The fourth-order valence-corrected chi connectivity index (χ4v) is 1.70. The smallest absolute Gasteiger partial charge is 0.309 e. The Hall–Kier alpha value is -0.220. The van der Waals surface area contributed by atoms with Gasteiger partial charge in [0.05, 0.1) is 13.0 Å². The van der Waals surface area contributed by atoms with Crippen LogP contribution in [-0.4, -0.2) is 30.6 Å². The molecule has 0 aromatic carbocycles. The molecule has 0 aromatic heterocycles. The molecule has 0 bridgehead atoms. The molecular weight excluding hydrogens is 174 g/mol. The molecule has 0 heterocycles. The van der Waals surface area contributed by atoms with Gasteiger partial charge < -0.3 is 10.5 Å². The van der Waals surface area contributed by atoms with E-state index in [2.05, 4.69) is 4.74 Å². The first kappa shape index (κ1) is 11.8. The number of thioether (sulfide) groups is 1. The van der Waals surface area contributed by atoms with Gasteiger partial charge in [0.2, 0.25) is 0 Å². The normalized spacial score (nSPS) is 15.3. The van der Waals surface area contributed by atoms with Crippen molar-refractivity contribution >= 4 is 17.7 Å². The van der Waals surface area contributed by atoms with Crippen molar-refractivity contribution in [2.45, 2.75) is 19.9 Å². The van der Waals surface area contributed by atoms with E-state index in [4.69, 9.17) is 5.73 Å². The van der Waals surface area contributed by atoms with Crippen molar-refractivity contribution in [1.82, 2.24) is 0 Å². The van der Waals surface area contributed by atoms with Gasteiger partial charge in [-0.05, 0) is 6.92 Å². The molecule has 72 valence electrons. The zero-order valence-corrected chi connectivity index (χ0v) is 8.69. The second kappa shape index (κ2) is 6.31. The second-order valence-corrected chi connectivity index (χ2v) is 4.01. The van der Waals surface area contributed by atoms with Crippen LogP contribution in [-0.2, 0) is 9.53 Å². The molecule has 0 aliphatic rings. The predicted molar refractivity (Wildman–Crippen MR) is 52.2 cm³/mol. The van der Waals surface area contributed by atoms with Gasteiger partial charge in [-0.25, -0.2) is 0 Å². The number of carbonyl (C=O) groups excluding carboxylic acids is 1.